The quantitative estimate of drug-likeness (QED) is 0.633. The van der Waals surface area contributed by atoms with E-state index in [0.29, 0.717) is 11.1 Å². The third-order valence-electron chi connectivity index (χ3n) is 2.05. The first-order valence-corrected chi connectivity index (χ1v) is 3.86. The van der Waals surface area contributed by atoms with Crippen molar-refractivity contribution in [1.82, 2.24) is 4.98 Å². The molecule has 0 radical (unpaired) electrons. The van der Waals surface area contributed by atoms with Crippen LogP contribution in [0.25, 0.3) is 0 Å². The van der Waals surface area contributed by atoms with E-state index < -0.39 is 0 Å². The van der Waals surface area contributed by atoms with E-state index in [2.05, 4.69) is 4.98 Å². The van der Waals surface area contributed by atoms with Crippen LogP contribution >= 0.6 is 0 Å². The van der Waals surface area contributed by atoms with E-state index >= 15 is 0 Å². The molecule has 60 valence electrons. The van der Waals surface area contributed by atoms with Crippen LogP contribution in [0.5, 0.6) is 0 Å². The Morgan fingerprint density at radius 2 is 2.25 bits per heavy atom. The number of halogens is 1. The zero-order valence-corrected chi connectivity index (χ0v) is 6.42. The molecule has 1 heterocycles. The molecule has 1 aliphatic rings. The molecule has 1 fully saturated rings. The second-order valence-corrected chi connectivity index (χ2v) is 2.97. The smallest absolute Gasteiger partial charge is 0.146 e. The number of nitriles is 1. The van der Waals surface area contributed by atoms with Crippen LogP contribution in [0.2, 0.25) is 0 Å². The fourth-order valence-corrected chi connectivity index (χ4v) is 1.32. The number of pyridine rings is 1. The molecule has 0 atom stereocenters. The van der Waals surface area contributed by atoms with Gasteiger partial charge in [0.1, 0.15) is 11.9 Å². The molecule has 1 saturated carbocycles. The number of hydrogen-bond acceptors (Lipinski definition) is 2. The van der Waals surface area contributed by atoms with E-state index in [-0.39, 0.29) is 11.7 Å². The molecule has 0 bridgehead atoms. The van der Waals surface area contributed by atoms with Gasteiger partial charge in [0.2, 0.25) is 0 Å². The van der Waals surface area contributed by atoms with Gasteiger partial charge in [0.05, 0.1) is 11.8 Å². The maximum absolute atomic E-state index is 13.1. The molecule has 1 aliphatic carbocycles. The van der Waals surface area contributed by atoms with Crippen LogP contribution in [-0.2, 0) is 0 Å². The van der Waals surface area contributed by atoms with Crippen LogP contribution in [0.1, 0.15) is 29.9 Å². The van der Waals surface area contributed by atoms with E-state index in [0.717, 1.165) is 12.8 Å². The third kappa shape index (κ3) is 1.06. The van der Waals surface area contributed by atoms with Gasteiger partial charge in [-0.3, -0.25) is 4.98 Å². The zero-order chi connectivity index (χ0) is 8.55. The maximum atomic E-state index is 13.1. The average Bonchev–Trinajstić information content (AvgIpc) is 2.87. The van der Waals surface area contributed by atoms with Crippen molar-refractivity contribution >= 4 is 0 Å². The van der Waals surface area contributed by atoms with E-state index in [1.165, 1.54) is 12.4 Å². The van der Waals surface area contributed by atoms with Crippen LogP contribution < -0.4 is 0 Å². The van der Waals surface area contributed by atoms with Gasteiger partial charge in [-0.05, 0) is 18.8 Å². The van der Waals surface area contributed by atoms with Crippen LogP contribution in [-0.4, -0.2) is 4.98 Å². The molecular weight excluding hydrogens is 155 g/mol. The minimum Gasteiger partial charge on any atom is -0.260 e. The van der Waals surface area contributed by atoms with Crippen molar-refractivity contribution in [1.29, 1.82) is 5.26 Å². The van der Waals surface area contributed by atoms with E-state index in [1.54, 1.807) is 0 Å². The molecule has 0 unspecified atom stereocenters. The maximum Gasteiger partial charge on any atom is 0.146 e. The van der Waals surface area contributed by atoms with Crippen molar-refractivity contribution in [3.8, 4) is 6.07 Å². The summed E-state index contributed by atoms with van der Waals surface area (Å²) in [7, 11) is 0. The highest BCUT2D eigenvalue weighted by Crippen LogP contribution is 2.42. The second-order valence-electron chi connectivity index (χ2n) is 2.97. The lowest BCUT2D eigenvalue weighted by atomic mass is 10.1. The summed E-state index contributed by atoms with van der Waals surface area (Å²) >= 11 is 0. The largest absolute Gasteiger partial charge is 0.260 e. The fourth-order valence-electron chi connectivity index (χ4n) is 1.32. The van der Waals surface area contributed by atoms with E-state index in [9.17, 15) is 4.39 Å². The lowest BCUT2D eigenvalue weighted by Gasteiger charge is -2.00. The van der Waals surface area contributed by atoms with Crippen LogP contribution in [0, 0.1) is 17.1 Å². The van der Waals surface area contributed by atoms with Gasteiger partial charge >= 0.3 is 0 Å². The molecule has 0 spiro atoms. The molecule has 0 amide bonds. The van der Waals surface area contributed by atoms with Crippen molar-refractivity contribution in [2.75, 3.05) is 0 Å². The van der Waals surface area contributed by atoms with Crippen LogP contribution in [0.15, 0.2) is 12.4 Å². The Kier molecular flexibility index (Phi) is 1.54. The molecule has 3 heteroatoms. The molecule has 1 aromatic rings. The van der Waals surface area contributed by atoms with Gasteiger partial charge in [-0.25, -0.2) is 4.39 Å². The van der Waals surface area contributed by atoms with Gasteiger partial charge in [0.15, 0.2) is 0 Å². The van der Waals surface area contributed by atoms with Crippen LogP contribution in [0.4, 0.5) is 4.39 Å². The van der Waals surface area contributed by atoms with Gasteiger partial charge in [-0.1, -0.05) is 0 Å². The lowest BCUT2D eigenvalue weighted by molar-refractivity contribution is 0.603. The first-order chi connectivity index (χ1) is 5.83. The first-order valence-electron chi connectivity index (χ1n) is 3.86. The average molecular weight is 162 g/mol. The Morgan fingerprint density at radius 1 is 1.50 bits per heavy atom. The minimum absolute atomic E-state index is 0.266. The van der Waals surface area contributed by atoms with E-state index in [1.807, 2.05) is 6.07 Å². The Balaban J connectivity index is 2.54. The highest BCUT2D eigenvalue weighted by atomic mass is 19.1. The van der Waals surface area contributed by atoms with Crippen molar-refractivity contribution in [2.45, 2.75) is 18.8 Å². The summed E-state index contributed by atoms with van der Waals surface area (Å²) in [5.41, 5.74) is 0.949. The summed E-state index contributed by atoms with van der Waals surface area (Å²) in [5, 5.41) is 8.66. The monoisotopic (exact) mass is 162 g/mol. The summed E-state index contributed by atoms with van der Waals surface area (Å²) in [6.45, 7) is 0. The van der Waals surface area contributed by atoms with Crippen LogP contribution in [0.3, 0.4) is 0 Å². The Morgan fingerprint density at radius 3 is 2.83 bits per heavy atom. The Hall–Kier alpha value is -1.43. The highest BCUT2D eigenvalue weighted by Gasteiger charge is 2.29. The molecule has 0 aliphatic heterocycles. The van der Waals surface area contributed by atoms with Gasteiger partial charge in [-0.2, -0.15) is 5.26 Å². The first kappa shape index (κ1) is 7.23. The molecule has 2 nitrogen and oxygen atoms in total. The predicted octanol–water partition coefficient (Wildman–Crippen LogP) is 1.97. The molecule has 12 heavy (non-hydrogen) atoms. The van der Waals surface area contributed by atoms with Gasteiger partial charge in [-0.15, -0.1) is 0 Å². The Labute approximate surface area is 69.7 Å². The van der Waals surface area contributed by atoms with Crippen molar-refractivity contribution in [2.24, 2.45) is 0 Å². The SMILES string of the molecule is N#Cc1cncc(F)c1C1CC1. The lowest BCUT2D eigenvalue weighted by Crippen LogP contribution is -1.93. The Bertz CT molecular complexity index is 350. The predicted molar refractivity (Wildman–Crippen MR) is 40.9 cm³/mol. The summed E-state index contributed by atoms with van der Waals surface area (Å²) in [6, 6.07) is 1.96. The summed E-state index contributed by atoms with van der Waals surface area (Å²) in [4.78, 5) is 3.63. The summed E-state index contributed by atoms with van der Waals surface area (Å²) < 4.78 is 13.1. The van der Waals surface area contributed by atoms with Gasteiger partial charge in [0.25, 0.3) is 0 Å². The third-order valence-corrected chi connectivity index (χ3v) is 2.05. The molecular formula is C9H7FN2. The van der Waals surface area contributed by atoms with Gasteiger partial charge in [0, 0.05) is 11.8 Å². The highest BCUT2D eigenvalue weighted by molar-refractivity contribution is 5.40. The number of rotatable bonds is 1. The van der Waals surface area contributed by atoms with Crippen molar-refractivity contribution < 1.29 is 4.39 Å². The van der Waals surface area contributed by atoms with Crippen molar-refractivity contribution in [3.63, 3.8) is 0 Å². The topological polar surface area (TPSA) is 36.7 Å². The molecule has 1 aromatic heterocycles. The molecule has 2 rings (SSSR count). The standard InChI is InChI=1S/C9H7FN2/c10-8-5-12-4-7(3-11)9(8)6-1-2-6/h4-6H,1-2H2. The normalized spacial score (nSPS) is 15.7. The number of hydrogen-bond donors (Lipinski definition) is 0. The fraction of sp³-hybridized carbons (Fsp3) is 0.333. The summed E-state index contributed by atoms with van der Waals surface area (Å²) in [5.74, 6) is -0.0702. The number of aromatic nitrogens is 1. The summed E-state index contributed by atoms with van der Waals surface area (Å²) in [6.07, 6.45) is 4.59. The number of nitrogens with zero attached hydrogens (tertiary/aromatic N) is 2. The molecule has 0 saturated heterocycles. The minimum atomic E-state index is -0.337. The zero-order valence-electron chi connectivity index (χ0n) is 6.42. The van der Waals surface area contributed by atoms with Crippen molar-refractivity contribution in [3.05, 3.63) is 29.3 Å². The van der Waals surface area contributed by atoms with E-state index in [4.69, 9.17) is 5.26 Å². The second kappa shape index (κ2) is 2.56. The van der Waals surface area contributed by atoms with Gasteiger partial charge < -0.3 is 0 Å². The molecule has 0 N–H and O–H groups in total. The molecule has 0 aromatic carbocycles.